The van der Waals surface area contributed by atoms with Gasteiger partial charge in [-0.3, -0.25) is 14.6 Å². The number of hydrogen-bond donors (Lipinski definition) is 2. The minimum atomic E-state index is -0.536. The van der Waals surface area contributed by atoms with Crippen molar-refractivity contribution in [2.75, 3.05) is 13.1 Å². The third kappa shape index (κ3) is 4.21. The minimum absolute atomic E-state index is 0.0226. The van der Waals surface area contributed by atoms with Crippen molar-refractivity contribution in [3.8, 4) is 0 Å². The molecule has 0 aromatic carbocycles. The van der Waals surface area contributed by atoms with E-state index < -0.39 is 6.10 Å². The molecule has 2 heterocycles. The number of aliphatic hydroxyl groups is 1. The number of hydrogen-bond acceptors (Lipinski definition) is 5. The molecule has 31 heavy (non-hydrogen) atoms. The summed E-state index contributed by atoms with van der Waals surface area (Å²) >= 11 is 0. The number of aromatic nitrogens is 2. The first-order chi connectivity index (χ1) is 14.8. The van der Waals surface area contributed by atoms with Gasteiger partial charge in [-0.05, 0) is 61.7 Å². The van der Waals surface area contributed by atoms with E-state index in [1.54, 1.807) is 6.20 Å². The Morgan fingerprint density at radius 3 is 2.61 bits per heavy atom. The van der Waals surface area contributed by atoms with Gasteiger partial charge in [-0.15, -0.1) is 0 Å². The average Bonchev–Trinajstić information content (AvgIpc) is 3.30. The molecule has 0 bridgehead atoms. The number of aliphatic hydroxyl groups excluding tert-OH is 1. The highest BCUT2D eigenvalue weighted by Crippen LogP contribution is 2.55. The minimum Gasteiger partial charge on any atom is -0.392 e. The number of carbonyl (C=O) groups is 2. The zero-order chi connectivity index (χ0) is 22.2. The lowest BCUT2D eigenvalue weighted by Gasteiger charge is -2.56. The Bertz CT molecular complexity index is 797. The SMILES string of the molecule is CC(C(=O)N1CCCC1)C1CCC2(C)CCC(NC(=O)c3cnccn3)C(C)C2C1O. The van der Waals surface area contributed by atoms with Crippen LogP contribution < -0.4 is 5.32 Å². The predicted molar refractivity (Wildman–Crippen MR) is 117 cm³/mol. The molecule has 1 aliphatic heterocycles. The van der Waals surface area contributed by atoms with E-state index in [4.69, 9.17) is 0 Å². The maximum atomic E-state index is 13.0. The van der Waals surface area contributed by atoms with Gasteiger partial charge >= 0.3 is 0 Å². The van der Waals surface area contributed by atoms with Gasteiger partial charge in [0.05, 0.1) is 12.3 Å². The molecular formula is C24H36N4O3. The molecule has 3 aliphatic rings. The van der Waals surface area contributed by atoms with Gasteiger partial charge in [-0.25, -0.2) is 4.98 Å². The maximum absolute atomic E-state index is 13.0. The van der Waals surface area contributed by atoms with Gasteiger partial charge in [-0.1, -0.05) is 20.8 Å². The van der Waals surface area contributed by atoms with Gasteiger partial charge in [-0.2, -0.15) is 0 Å². The van der Waals surface area contributed by atoms with Crippen LogP contribution in [0, 0.1) is 29.1 Å². The summed E-state index contributed by atoms with van der Waals surface area (Å²) in [4.78, 5) is 35.7. The summed E-state index contributed by atoms with van der Waals surface area (Å²) in [6.45, 7) is 8.11. The fourth-order valence-electron chi connectivity index (χ4n) is 6.56. The van der Waals surface area contributed by atoms with Crippen LogP contribution in [0.3, 0.4) is 0 Å². The molecule has 0 radical (unpaired) electrons. The van der Waals surface area contributed by atoms with Crippen molar-refractivity contribution < 1.29 is 14.7 Å². The number of nitrogens with one attached hydrogen (secondary N) is 1. The van der Waals surface area contributed by atoms with E-state index in [2.05, 4.69) is 29.1 Å². The van der Waals surface area contributed by atoms with Crippen LogP contribution in [0.2, 0.25) is 0 Å². The molecule has 2 aliphatic carbocycles. The van der Waals surface area contributed by atoms with Gasteiger partial charge in [0.1, 0.15) is 5.69 Å². The van der Waals surface area contributed by atoms with Crippen LogP contribution in [0.4, 0.5) is 0 Å². The topological polar surface area (TPSA) is 95.4 Å². The Labute approximate surface area is 185 Å². The smallest absolute Gasteiger partial charge is 0.271 e. The van der Waals surface area contributed by atoms with E-state index >= 15 is 0 Å². The summed E-state index contributed by atoms with van der Waals surface area (Å²) in [6, 6.07) is -0.0226. The van der Waals surface area contributed by atoms with Gasteiger partial charge in [0.15, 0.2) is 0 Å². The van der Waals surface area contributed by atoms with Crippen LogP contribution in [0.25, 0.3) is 0 Å². The average molecular weight is 429 g/mol. The Morgan fingerprint density at radius 2 is 1.94 bits per heavy atom. The molecule has 2 saturated carbocycles. The molecule has 4 rings (SSSR count). The molecule has 2 amide bonds. The van der Waals surface area contributed by atoms with Crippen molar-refractivity contribution in [3.63, 3.8) is 0 Å². The zero-order valence-electron chi connectivity index (χ0n) is 19.0. The molecule has 7 atom stereocenters. The second kappa shape index (κ2) is 8.85. The molecule has 1 aromatic rings. The molecule has 0 spiro atoms. The standard InChI is InChI=1S/C24H36N4O3/c1-15(23(31)28-12-4-5-13-28)17-6-8-24(3)9-7-18(16(2)20(24)21(17)29)27-22(30)19-14-25-10-11-26-19/h10-11,14-18,20-21,29H,4-9,12-13H2,1-3H3,(H,27,30). The van der Waals surface area contributed by atoms with Gasteiger partial charge in [0.2, 0.25) is 5.91 Å². The molecule has 7 heteroatoms. The summed E-state index contributed by atoms with van der Waals surface area (Å²) in [7, 11) is 0. The lowest BCUT2D eigenvalue weighted by molar-refractivity contribution is -0.149. The van der Waals surface area contributed by atoms with Gasteiger partial charge in [0.25, 0.3) is 5.91 Å². The molecule has 3 fully saturated rings. The highest BCUT2D eigenvalue weighted by atomic mass is 16.3. The number of rotatable bonds is 4. The fraction of sp³-hybridized carbons (Fsp3) is 0.750. The highest BCUT2D eigenvalue weighted by molar-refractivity contribution is 5.92. The number of likely N-dealkylation sites (tertiary alicyclic amines) is 1. The molecule has 1 saturated heterocycles. The molecule has 7 unspecified atom stereocenters. The Balaban J connectivity index is 1.48. The van der Waals surface area contributed by atoms with Crippen molar-refractivity contribution in [1.29, 1.82) is 0 Å². The van der Waals surface area contributed by atoms with Crippen LogP contribution in [0.1, 0.15) is 69.8 Å². The summed E-state index contributed by atoms with van der Waals surface area (Å²) in [5.41, 5.74) is 0.356. The first kappa shape index (κ1) is 22.2. The van der Waals surface area contributed by atoms with Crippen molar-refractivity contribution in [3.05, 3.63) is 24.3 Å². The van der Waals surface area contributed by atoms with Crippen LogP contribution in [0.5, 0.6) is 0 Å². The first-order valence-electron chi connectivity index (χ1n) is 11.9. The van der Waals surface area contributed by atoms with Crippen molar-refractivity contribution in [1.82, 2.24) is 20.2 Å². The predicted octanol–water partition coefficient (Wildman–Crippen LogP) is 2.66. The third-order valence-electron chi connectivity index (χ3n) is 8.45. The molecular weight excluding hydrogens is 392 g/mol. The van der Waals surface area contributed by atoms with Gasteiger partial charge in [0, 0.05) is 37.4 Å². The Hall–Kier alpha value is -2.02. The molecule has 1 aromatic heterocycles. The monoisotopic (exact) mass is 428 g/mol. The van der Waals surface area contributed by atoms with E-state index in [0.717, 1.165) is 51.6 Å². The normalized spacial score (nSPS) is 36.5. The van der Waals surface area contributed by atoms with E-state index in [1.165, 1.54) is 12.4 Å². The summed E-state index contributed by atoms with van der Waals surface area (Å²) in [5.74, 6) is -0.0381. The molecule has 170 valence electrons. The number of fused-ring (bicyclic) bond motifs is 1. The largest absolute Gasteiger partial charge is 0.392 e. The van der Waals surface area contributed by atoms with Crippen LogP contribution in [-0.4, -0.2) is 57.0 Å². The number of nitrogens with zero attached hydrogens (tertiary/aromatic N) is 3. The summed E-state index contributed by atoms with van der Waals surface area (Å²) in [6.07, 6.45) is 9.93. The quantitative estimate of drug-likeness (QED) is 0.769. The van der Waals surface area contributed by atoms with E-state index in [9.17, 15) is 14.7 Å². The lowest BCUT2D eigenvalue weighted by atomic mass is 9.51. The van der Waals surface area contributed by atoms with Crippen molar-refractivity contribution in [2.24, 2.45) is 29.1 Å². The van der Waals surface area contributed by atoms with E-state index in [0.29, 0.717) is 5.69 Å². The van der Waals surface area contributed by atoms with Crippen LogP contribution >= 0.6 is 0 Å². The summed E-state index contributed by atoms with van der Waals surface area (Å²) in [5, 5.41) is 14.7. The highest BCUT2D eigenvalue weighted by Gasteiger charge is 2.54. The van der Waals surface area contributed by atoms with Crippen LogP contribution in [-0.2, 0) is 4.79 Å². The fourth-order valence-corrected chi connectivity index (χ4v) is 6.56. The maximum Gasteiger partial charge on any atom is 0.271 e. The molecule has 2 N–H and O–H groups in total. The van der Waals surface area contributed by atoms with Gasteiger partial charge < -0.3 is 15.3 Å². The number of carbonyl (C=O) groups excluding carboxylic acids is 2. The van der Waals surface area contributed by atoms with Crippen molar-refractivity contribution >= 4 is 11.8 Å². The van der Waals surface area contributed by atoms with E-state index in [1.807, 2.05) is 11.8 Å². The van der Waals surface area contributed by atoms with Crippen LogP contribution in [0.15, 0.2) is 18.6 Å². The van der Waals surface area contributed by atoms with E-state index in [-0.39, 0.29) is 46.9 Å². The first-order valence-corrected chi connectivity index (χ1v) is 11.9. The lowest BCUT2D eigenvalue weighted by Crippen LogP contribution is -2.58. The Kier molecular flexibility index (Phi) is 6.33. The third-order valence-corrected chi connectivity index (χ3v) is 8.45. The molecule has 7 nitrogen and oxygen atoms in total. The second-order valence-corrected chi connectivity index (χ2v) is 10.3. The van der Waals surface area contributed by atoms with Crippen molar-refractivity contribution in [2.45, 2.75) is 71.4 Å². The zero-order valence-corrected chi connectivity index (χ0v) is 19.0. The Morgan fingerprint density at radius 1 is 1.23 bits per heavy atom. The summed E-state index contributed by atoms with van der Waals surface area (Å²) < 4.78 is 0. The second-order valence-electron chi connectivity index (χ2n) is 10.3. The number of amides is 2.